The topological polar surface area (TPSA) is 38.0 Å². The van der Waals surface area contributed by atoms with E-state index < -0.39 is 0 Å². The standard InChI is InChI=1S/C12H18N2/c1-8-3-4-11-10(7-13)6-9(2)14-12(11)5-8/h3-5,9-10,14H,6-7,13H2,1-2H3. The lowest BCUT2D eigenvalue weighted by Gasteiger charge is -2.30. The van der Waals surface area contributed by atoms with Crippen LogP contribution in [-0.2, 0) is 0 Å². The van der Waals surface area contributed by atoms with Crippen molar-refractivity contribution in [1.82, 2.24) is 0 Å². The highest BCUT2D eigenvalue weighted by Crippen LogP contribution is 2.33. The SMILES string of the molecule is Cc1ccc2c(c1)NC(C)CC2CN. The minimum atomic E-state index is 0.529. The molecule has 2 rings (SSSR count). The van der Waals surface area contributed by atoms with Crippen molar-refractivity contribution in [2.75, 3.05) is 11.9 Å². The molecular weight excluding hydrogens is 172 g/mol. The van der Waals surface area contributed by atoms with Crippen LogP contribution in [0.3, 0.4) is 0 Å². The third kappa shape index (κ3) is 1.62. The number of nitrogens with one attached hydrogen (secondary N) is 1. The van der Waals surface area contributed by atoms with Crippen molar-refractivity contribution in [1.29, 1.82) is 0 Å². The number of nitrogens with two attached hydrogens (primary N) is 1. The van der Waals surface area contributed by atoms with Gasteiger partial charge in [0.25, 0.3) is 0 Å². The third-order valence-electron chi connectivity index (χ3n) is 2.97. The minimum Gasteiger partial charge on any atom is -0.382 e. The summed E-state index contributed by atoms with van der Waals surface area (Å²) in [5, 5.41) is 3.51. The van der Waals surface area contributed by atoms with Crippen LogP contribution in [0.15, 0.2) is 18.2 Å². The molecule has 1 heterocycles. The molecule has 0 fully saturated rings. The van der Waals surface area contributed by atoms with Gasteiger partial charge in [-0.2, -0.15) is 0 Å². The number of fused-ring (bicyclic) bond motifs is 1. The van der Waals surface area contributed by atoms with Crippen LogP contribution in [0.2, 0.25) is 0 Å². The van der Waals surface area contributed by atoms with Crippen LogP contribution >= 0.6 is 0 Å². The summed E-state index contributed by atoms with van der Waals surface area (Å²) in [5.41, 5.74) is 9.76. The van der Waals surface area contributed by atoms with E-state index >= 15 is 0 Å². The molecule has 3 N–H and O–H groups in total. The largest absolute Gasteiger partial charge is 0.382 e. The van der Waals surface area contributed by atoms with Crippen molar-refractivity contribution in [3.8, 4) is 0 Å². The summed E-state index contributed by atoms with van der Waals surface area (Å²) < 4.78 is 0. The van der Waals surface area contributed by atoms with Crippen LogP contribution in [0.1, 0.15) is 30.4 Å². The molecule has 2 atom stereocenters. The monoisotopic (exact) mass is 190 g/mol. The fourth-order valence-electron chi connectivity index (χ4n) is 2.25. The first kappa shape index (κ1) is 9.53. The first-order valence-electron chi connectivity index (χ1n) is 5.28. The lowest BCUT2D eigenvalue weighted by Crippen LogP contribution is -2.29. The molecule has 0 aliphatic carbocycles. The van der Waals surface area contributed by atoms with E-state index in [1.165, 1.54) is 16.8 Å². The summed E-state index contributed by atoms with van der Waals surface area (Å²) in [6.07, 6.45) is 1.15. The maximum absolute atomic E-state index is 5.79. The Morgan fingerprint density at radius 1 is 1.50 bits per heavy atom. The molecular formula is C12H18N2. The van der Waals surface area contributed by atoms with Gasteiger partial charge in [-0.15, -0.1) is 0 Å². The first-order chi connectivity index (χ1) is 6.70. The molecule has 0 radical (unpaired) electrons. The predicted octanol–water partition coefficient (Wildman–Crippen LogP) is 2.24. The number of hydrogen-bond acceptors (Lipinski definition) is 2. The van der Waals surface area contributed by atoms with Gasteiger partial charge in [0.15, 0.2) is 0 Å². The van der Waals surface area contributed by atoms with E-state index in [1.807, 2.05) is 0 Å². The second kappa shape index (κ2) is 3.62. The second-order valence-electron chi connectivity index (χ2n) is 4.30. The Labute approximate surface area is 85.5 Å². The molecule has 1 aliphatic rings. The number of benzene rings is 1. The molecule has 0 saturated heterocycles. The maximum Gasteiger partial charge on any atom is 0.0380 e. The highest BCUT2D eigenvalue weighted by Gasteiger charge is 2.22. The van der Waals surface area contributed by atoms with Crippen molar-refractivity contribution >= 4 is 5.69 Å². The van der Waals surface area contributed by atoms with Crippen molar-refractivity contribution in [3.05, 3.63) is 29.3 Å². The predicted molar refractivity (Wildman–Crippen MR) is 60.7 cm³/mol. The van der Waals surface area contributed by atoms with Crippen molar-refractivity contribution < 1.29 is 0 Å². The van der Waals surface area contributed by atoms with E-state index in [4.69, 9.17) is 5.73 Å². The molecule has 2 nitrogen and oxygen atoms in total. The highest BCUT2D eigenvalue weighted by molar-refractivity contribution is 5.57. The lowest BCUT2D eigenvalue weighted by molar-refractivity contribution is 0.561. The summed E-state index contributed by atoms with van der Waals surface area (Å²) in [6.45, 7) is 5.09. The van der Waals surface area contributed by atoms with E-state index in [0.29, 0.717) is 12.0 Å². The third-order valence-corrected chi connectivity index (χ3v) is 2.97. The van der Waals surface area contributed by atoms with Crippen LogP contribution in [0.25, 0.3) is 0 Å². The lowest BCUT2D eigenvalue weighted by atomic mass is 9.87. The molecule has 1 aliphatic heterocycles. The Morgan fingerprint density at radius 2 is 2.29 bits per heavy atom. The Balaban J connectivity index is 2.40. The van der Waals surface area contributed by atoms with Crippen LogP contribution in [0, 0.1) is 6.92 Å². The number of aryl methyl sites for hydroxylation is 1. The van der Waals surface area contributed by atoms with Gasteiger partial charge in [0.05, 0.1) is 0 Å². The maximum atomic E-state index is 5.79. The molecule has 0 spiro atoms. The average molecular weight is 190 g/mol. The van der Waals surface area contributed by atoms with Crippen molar-refractivity contribution in [2.24, 2.45) is 5.73 Å². The molecule has 14 heavy (non-hydrogen) atoms. The van der Waals surface area contributed by atoms with Gasteiger partial charge < -0.3 is 11.1 Å². The van der Waals surface area contributed by atoms with E-state index in [1.54, 1.807) is 0 Å². The van der Waals surface area contributed by atoms with Crippen LogP contribution in [0.4, 0.5) is 5.69 Å². The van der Waals surface area contributed by atoms with E-state index in [-0.39, 0.29) is 0 Å². The van der Waals surface area contributed by atoms with Gasteiger partial charge >= 0.3 is 0 Å². The Kier molecular flexibility index (Phi) is 2.46. The zero-order valence-corrected chi connectivity index (χ0v) is 8.88. The average Bonchev–Trinajstić information content (AvgIpc) is 2.15. The number of anilines is 1. The van der Waals surface area contributed by atoms with Crippen molar-refractivity contribution in [3.63, 3.8) is 0 Å². The van der Waals surface area contributed by atoms with Crippen molar-refractivity contribution in [2.45, 2.75) is 32.2 Å². The van der Waals surface area contributed by atoms with E-state index in [9.17, 15) is 0 Å². The smallest absolute Gasteiger partial charge is 0.0380 e. The Hall–Kier alpha value is -1.02. The molecule has 2 heteroatoms. The molecule has 0 amide bonds. The van der Waals surface area contributed by atoms with Gasteiger partial charge in [0.1, 0.15) is 0 Å². The van der Waals surface area contributed by atoms with Gasteiger partial charge in [0, 0.05) is 17.6 Å². The zero-order chi connectivity index (χ0) is 10.1. The van der Waals surface area contributed by atoms with Crippen LogP contribution < -0.4 is 11.1 Å². The molecule has 1 aromatic rings. The second-order valence-corrected chi connectivity index (χ2v) is 4.30. The van der Waals surface area contributed by atoms with Gasteiger partial charge in [0.2, 0.25) is 0 Å². The summed E-state index contributed by atoms with van der Waals surface area (Å²) in [7, 11) is 0. The van der Waals surface area contributed by atoms with E-state index in [0.717, 1.165) is 13.0 Å². The summed E-state index contributed by atoms with van der Waals surface area (Å²) in [4.78, 5) is 0. The molecule has 76 valence electrons. The normalized spacial score (nSPS) is 25.4. The van der Waals surface area contributed by atoms with Crippen LogP contribution in [0.5, 0.6) is 0 Å². The Morgan fingerprint density at radius 3 is 3.00 bits per heavy atom. The molecule has 2 unspecified atom stereocenters. The Bertz CT molecular complexity index is 333. The zero-order valence-electron chi connectivity index (χ0n) is 8.88. The fourth-order valence-corrected chi connectivity index (χ4v) is 2.25. The number of rotatable bonds is 1. The molecule has 0 bridgehead atoms. The molecule has 0 saturated carbocycles. The molecule has 1 aromatic carbocycles. The van der Waals surface area contributed by atoms with Gasteiger partial charge in [-0.1, -0.05) is 12.1 Å². The minimum absolute atomic E-state index is 0.529. The quantitative estimate of drug-likeness (QED) is 0.712. The fraction of sp³-hybridized carbons (Fsp3) is 0.500. The number of hydrogen-bond donors (Lipinski definition) is 2. The summed E-state index contributed by atoms with van der Waals surface area (Å²) in [5.74, 6) is 0.529. The van der Waals surface area contributed by atoms with Gasteiger partial charge in [-0.25, -0.2) is 0 Å². The molecule has 0 aromatic heterocycles. The van der Waals surface area contributed by atoms with Gasteiger partial charge in [-0.05, 0) is 44.0 Å². The first-order valence-corrected chi connectivity index (χ1v) is 5.28. The van der Waals surface area contributed by atoms with E-state index in [2.05, 4.69) is 37.4 Å². The summed E-state index contributed by atoms with van der Waals surface area (Å²) in [6, 6.07) is 7.13. The summed E-state index contributed by atoms with van der Waals surface area (Å²) >= 11 is 0. The van der Waals surface area contributed by atoms with Gasteiger partial charge in [-0.3, -0.25) is 0 Å². The highest BCUT2D eigenvalue weighted by atomic mass is 14.9. The van der Waals surface area contributed by atoms with Crippen LogP contribution in [-0.4, -0.2) is 12.6 Å².